The number of likely N-dealkylation sites (N-methyl/N-ethyl adjacent to an activating group) is 1. The standard InChI is InChI=1S/C24H33N3O4S/c1-5-25-24(29)20(3)26(18-21-12-9-11-19(2)17-21)23(28)15-10-16-27(32(4,30)31)22-13-7-6-8-14-22/h6-9,11-14,17,20H,5,10,15-16,18H2,1-4H3,(H,25,29). The van der Waals surface area contributed by atoms with E-state index in [0.717, 1.165) is 17.4 Å². The molecule has 174 valence electrons. The third-order valence-electron chi connectivity index (χ3n) is 5.15. The molecule has 0 fully saturated rings. The zero-order valence-electron chi connectivity index (χ0n) is 19.2. The van der Waals surface area contributed by atoms with Gasteiger partial charge < -0.3 is 10.2 Å². The maximum atomic E-state index is 13.1. The van der Waals surface area contributed by atoms with Gasteiger partial charge in [0, 0.05) is 26.1 Å². The van der Waals surface area contributed by atoms with Gasteiger partial charge in [-0.15, -0.1) is 0 Å². The molecule has 0 bridgehead atoms. The van der Waals surface area contributed by atoms with E-state index >= 15 is 0 Å². The van der Waals surface area contributed by atoms with Crippen LogP contribution in [0, 0.1) is 6.92 Å². The molecule has 0 aliphatic carbocycles. The van der Waals surface area contributed by atoms with E-state index in [9.17, 15) is 18.0 Å². The fourth-order valence-electron chi connectivity index (χ4n) is 3.51. The van der Waals surface area contributed by atoms with Crippen LogP contribution in [-0.4, -0.2) is 50.5 Å². The average molecular weight is 460 g/mol. The Morgan fingerprint density at radius 2 is 1.75 bits per heavy atom. The summed E-state index contributed by atoms with van der Waals surface area (Å²) >= 11 is 0. The van der Waals surface area contributed by atoms with E-state index in [4.69, 9.17) is 0 Å². The van der Waals surface area contributed by atoms with Gasteiger partial charge in [0.1, 0.15) is 6.04 Å². The number of rotatable bonds is 11. The number of aryl methyl sites for hydroxylation is 1. The molecule has 32 heavy (non-hydrogen) atoms. The lowest BCUT2D eigenvalue weighted by atomic mass is 10.1. The predicted molar refractivity (Wildman–Crippen MR) is 128 cm³/mol. The number of carbonyl (C=O) groups is 2. The molecule has 0 saturated heterocycles. The first-order valence-corrected chi connectivity index (χ1v) is 12.6. The highest BCUT2D eigenvalue weighted by Gasteiger charge is 2.26. The summed E-state index contributed by atoms with van der Waals surface area (Å²) in [5, 5.41) is 2.77. The highest BCUT2D eigenvalue weighted by atomic mass is 32.2. The summed E-state index contributed by atoms with van der Waals surface area (Å²) in [6.45, 7) is 6.50. The Labute approximate surface area is 191 Å². The fraction of sp³-hybridized carbons (Fsp3) is 0.417. The minimum Gasteiger partial charge on any atom is -0.355 e. The van der Waals surface area contributed by atoms with Crippen molar-refractivity contribution in [3.63, 3.8) is 0 Å². The number of amides is 2. The van der Waals surface area contributed by atoms with E-state index in [2.05, 4.69) is 5.32 Å². The van der Waals surface area contributed by atoms with Gasteiger partial charge in [0.05, 0.1) is 11.9 Å². The molecule has 0 spiro atoms. The number of nitrogens with zero attached hydrogens (tertiary/aromatic N) is 2. The van der Waals surface area contributed by atoms with Crippen molar-refractivity contribution in [1.82, 2.24) is 10.2 Å². The Morgan fingerprint density at radius 3 is 2.34 bits per heavy atom. The molecule has 2 aromatic rings. The van der Waals surface area contributed by atoms with Gasteiger partial charge in [-0.1, -0.05) is 48.0 Å². The normalized spacial score (nSPS) is 12.1. The van der Waals surface area contributed by atoms with Crippen molar-refractivity contribution in [2.75, 3.05) is 23.7 Å². The van der Waals surface area contributed by atoms with Crippen LogP contribution in [0.5, 0.6) is 0 Å². The van der Waals surface area contributed by atoms with Crippen LogP contribution in [0.4, 0.5) is 5.69 Å². The summed E-state index contributed by atoms with van der Waals surface area (Å²) in [4.78, 5) is 27.1. The minimum absolute atomic E-state index is 0.133. The van der Waals surface area contributed by atoms with E-state index in [-0.39, 0.29) is 24.8 Å². The maximum absolute atomic E-state index is 13.1. The number of hydrogen-bond donors (Lipinski definition) is 1. The molecule has 0 aliphatic rings. The van der Waals surface area contributed by atoms with Gasteiger partial charge in [-0.3, -0.25) is 13.9 Å². The first-order valence-electron chi connectivity index (χ1n) is 10.8. The fourth-order valence-corrected chi connectivity index (χ4v) is 4.48. The predicted octanol–water partition coefficient (Wildman–Crippen LogP) is 3.09. The molecule has 2 rings (SSSR count). The van der Waals surface area contributed by atoms with Crippen molar-refractivity contribution in [1.29, 1.82) is 0 Å². The second-order valence-electron chi connectivity index (χ2n) is 7.86. The highest BCUT2D eigenvalue weighted by molar-refractivity contribution is 7.92. The van der Waals surface area contributed by atoms with Crippen molar-refractivity contribution in [3.8, 4) is 0 Å². The van der Waals surface area contributed by atoms with E-state index in [0.29, 0.717) is 25.2 Å². The Balaban J connectivity index is 2.13. The number of carbonyl (C=O) groups excluding carboxylic acids is 2. The zero-order valence-corrected chi connectivity index (χ0v) is 20.1. The molecule has 8 heteroatoms. The van der Waals surface area contributed by atoms with Crippen molar-refractivity contribution in [3.05, 3.63) is 65.7 Å². The molecule has 0 aliphatic heterocycles. The van der Waals surface area contributed by atoms with Crippen LogP contribution in [-0.2, 0) is 26.2 Å². The van der Waals surface area contributed by atoms with Crippen molar-refractivity contribution < 1.29 is 18.0 Å². The molecule has 0 heterocycles. The van der Waals surface area contributed by atoms with E-state index in [1.54, 1.807) is 36.1 Å². The zero-order chi connectivity index (χ0) is 23.7. The molecule has 0 radical (unpaired) electrons. The van der Waals surface area contributed by atoms with Gasteiger partial charge >= 0.3 is 0 Å². The number of sulfonamides is 1. The summed E-state index contributed by atoms with van der Waals surface area (Å²) in [7, 11) is -3.48. The first-order chi connectivity index (χ1) is 15.1. The first kappa shape index (κ1) is 25.4. The summed E-state index contributed by atoms with van der Waals surface area (Å²) in [6.07, 6.45) is 1.63. The van der Waals surface area contributed by atoms with Crippen LogP contribution < -0.4 is 9.62 Å². The highest BCUT2D eigenvalue weighted by Crippen LogP contribution is 2.18. The molecule has 7 nitrogen and oxygen atoms in total. The number of nitrogens with one attached hydrogen (secondary N) is 1. The second kappa shape index (κ2) is 11.7. The Bertz CT molecular complexity index is 1010. The second-order valence-corrected chi connectivity index (χ2v) is 9.76. The van der Waals surface area contributed by atoms with Gasteiger partial charge in [0.15, 0.2) is 0 Å². The third-order valence-corrected chi connectivity index (χ3v) is 6.34. The van der Waals surface area contributed by atoms with Gasteiger partial charge in [0.2, 0.25) is 21.8 Å². The maximum Gasteiger partial charge on any atom is 0.242 e. The Hall–Kier alpha value is -2.87. The van der Waals surface area contributed by atoms with E-state index in [1.807, 2.05) is 44.2 Å². The lowest BCUT2D eigenvalue weighted by molar-refractivity contribution is -0.140. The van der Waals surface area contributed by atoms with Crippen molar-refractivity contribution >= 4 is 27.5 Å². The minimum atomic E-state index is -3.48. The molecule has 0 saturated carbocycles. The van der Waals surface area contributed by atoms with Gasteiger partial charge in [0.25, 0.3) is 0 Å². The number of hydrogen-bond acceptors (Lipinski definition) is 4. The summed E-state index contributed by atoms with van der Waals surface area (Å²) in [5.74, 6) is -0.401. The summed E-state index contributed by atoms with van der Waals surface area (Å²) in [5.41, 5.74) is 2.58. The monoisotopic (exact) mass is 459 g/mol. The smallest absolute Gasteiger partial charge is 0.242 e. The lowest BCUT2D eigenvalue weighted by Gasteiger charge is -2.29. The lowest BCUT2D eigenvalue weighted by Crippen LogP contribution is -2.47. The Morgan fingerprint density at radius 1 is 1.06 bits per heavy atom. The van der Waals surface area contributed by atoms with Crippen LogP contribution in [0.25, 0.3) is 0 Å². The molecule has 2 amide bonds. The molecular formula is C24H33N3O4S. The van der Waals surface area contributed by atoms with Crippen LogP contribution in [0.1, 0.15) is 37.8 Å². The van der Waals surface area contributed by atoms with E-state index in [1.165, 1.54) is 4.31 Å². The molecule has 0 aromatic heterocycles. The molecular weight excluding hydrogens is 426 g/mol. The summed E-state index contributed by atoms with van der Waals surface area (Å²) < 4.78 is 25.8. The van der Waals surface area contributed by atoms with Crippen LogP contribution in [0.15, 0.2) is 54.6 Å². The molecule has 1 unspecified atom stereocenters. The largest absolute Gasteiger partial charge is 0.355 e. The third kappa shape index (κ3) is 7.37. The van der Waals surface area contributed by atoms with Gasteiger partial charge in [-0.25, -0.2) is 8.42 Å². The van der Waals surface area contributed by atoms with Crippen molar-refractivity contribution in [2.45, 2.75) is 46.2 Å². The number of anilines is 1. The van der Waals surface area contributed by atoms with Crippen molar-refractivity contribution in [2.24, 2.45) is 0 Å². The van der Waals surface area contributed by atoms with Crippen LogP contribution in [0.2, 0.25) is 0 Å². The Kier molecular flexibility index (Phi) is 9.26. The number of benzene rings is 2. The van der Waals surface area contributed by atoms with Gasteiger partial charge in [-0.2, -0.15) is 0 Å². The van der Waals surface area contributed by atoms with Gasteiger partial charge in [-0.05, 0) is 44.9 Å². The SMILES string of the molecule is CCNC(=O)C(C)N(Cc1cccc(C)c1)C(=O)CCCN(c1ccccc1)S(C)(=O)=O. The molecule has 1 N–H and O–H groups in total. The van der Waals surface area contributed by atoms with Crippen LogP contribution in [0.3, 0.4) is 0 Å². The molecule has 2 aromatic carbocycles. The quantitative estimate of drug-likeness (QED) is 0.559. The van der Waals surface area contributed by atoms with Crippen LogP contribution >= 0.6 is 0 Å². The summed E-state index contributed by atoms with van der Waals surface area (Å²) in [6, 6.07) is 16.0. The van der Waals surface area contributed by atoms with E-state index < -0.39 is 16.1 Å². The topological polar surface area (TPSA) is 86.8 Å². The average Bonchev–Trinajstić information content (AvgIpc) is 2.74. The molecule has 1 atom stereocenters. The number of para-hydroxylation sites is 1.